The van der Waals surface area contributed by atoms with E-state index in [-0.39, 0.29) is 0 Å². The summed E-state index contributed by atoms with van der Waals surface area (Å²) in [6.07, 6.45) is 4.06. The van der Waals surface area contributed by atoms with Gasteiger partial charge in [-0.2, -0.15) is 5.06 Å². The van der Waals surface area contributed by atoms with E-state index < -0.39 is 0 Å². The Morgan fingerprint density at radius 2 is 2.19 bits per heavy atom. The number of hydroxylamine groups is 2. The molecule has 0 amide bonds. The molecule has 2 atom stereocenters. The molecule has 0 bridgehead atoms. The van der Waals surface area contributed by atoms with Crippen LogP contribution in [0.25, 0.3) is 0 Å². The molecule has 2 heteroatoms. The highest BCUT2D eigenvalue weighted by Gasteiger charge is 2.52. The zero-order valence-corrected chi connectivity index (χ0v) is 9.86. The second-order valence-corrected chi connectivity index (χ2v) is 5.40. The van der Waals surface area contributed by atoms with Crippen LogP contribution < -0.4 is 0 Å². The van der Waals surface area contributed by atoms with Crippen LogP contribution >= 0.6 is 0 Å². The molecule has 86 valence electrons. The van der Waals surface area contributed by atoms with E-state index in [4.69, 9.17) is 4.84 Å². The summed E-state index contributed by atoms with van der Waals surface area (Å²) in [6.45, 7) is 4.23. The van der Waals surface area contributed by atoms with Gasteiger partial charge in [-0.15, -0.1) is 0 Å². The molecular formula is C14H19NO. The minimum atomic E-state index is 0.552. The third kappa shape index (κ3) is 1.66. The van der Waals surface area contributed by atoms with Gasteiger partial charge >= 0.3 is 0 Å². The van der Waals surface area contributed by atoms with E-state index in [2.05, 4.69) is 36.3 Å². The minimum Gasteiger partial charge on any atom is -0.294 e. The van der Waals surface area contributed by atoms with Crippen molar-refractivity contribution in [2.75, 3.05) is 6.54 Å². The van der Waals surface area contributed by atoms with Gasteiger partial charge in [0.1, 0.15) is 0 Å². The van der Waals surface area contributed by atoms with E-state index in [1.807, 2.05) is 6.07 Å². The minimum absolute atomic E-state index is 0.552. The molecule has 1 saturated heterocycles. The fraction of sp³-hybridized carbons (Fsp3) is 0.571. The molecule has 1 aromatic rings. The topological polar surface area (TPSA) is 12.5 Å². The Bertz CT molecular complexity index is 364. The number of hydrogen-bond donors (Lipinski definition) is 0. The van der Waals surface area contributed by atoms with Crippen LogP contribution in [0.4, 0.5) is 0 Å². The van der Waals surface area contributed by atoms with Crippen LogP contribution in [-0.4, -0.2) is 17.6 Å². The predicted octanol–water partition coefficient (Wildman–Crippen LogP) is 2.99. The Hall–Kier alpha value is -0.860. The quantitative estimate of drug-likeness (QED) is 0.771. The van der Waals surface area contributed by atoms with Crippen molar-refractivity contribution in [2.45, 2.75) is 38.8 Å². The van der Waals surface area contributed by atoms with Crippen LogP contribution in [-0.2, 0) is 11.4 Å². The maximum atomic E-state index is 5.88. The smallest absolute Gasteiger partial charge is 0.0936 e. The lowest BCUT2D eigenvalue weighted by molar-refractivity contribution is -0.284. The van der Waals surface area contributed by atoms with Gasteiger partial charge in [0.05, 0.1) is 6.61 Å². The lowest BCUT2D eigenvalue weighted by Crippen LogP contribution is -2.59. The van der Waals surface area contributed by atoms with Gasteiger partial charge in [-0.1, -0.05) is 43.7 Å². The van der Waals surface area contributed by atoms with E-state index in [0.717, 1.165) is 6.54 Å². The number of fused-ring (bicyclic) bond motifs is 1. The summed E-state index contributed by atoms with van der Waals surface area (Å²) >= 11 is 0. The van der Waals surface area contributed by atoms with Gasteiger partial charge in [0.2, 0.25) is 0 Å². The molecule has 2 unspecified atom stereocenters. The first-order valence-corrected chi connectivity index (χ1v) is 6.21. The van der Waals surface area contributed by atoms with Crippen LogP contribution in [0.3, 0.4) is 0 Å². The number of benzene rings is 1. The molecule has 3 rings (SSSR count). The molecule has 2 aliphatic rings. The van der Waals surface area contributed by atoms with Gasteiger partial charge in [-0.3, -0.25) is 4.84 Å². The van der Waals surface area contributed by atoms with Crippen molar-refractivity contribution in [3.63, 3.8) is 0 Å². The average Bonchev–Trinajstić information content (AvgIpc) is 2.59. The van der Waals surface area contributed by atoms with E-state index in [9.17, 15) is 0 Å². The van der Waals surface area contributed by atoms with Crippen molar-refractivity contribution in [3.05, 3.63) is 35.9 Å². The van der Waals surface area contributed by atoms with Gasteiger partial charge in [0.15, 0.2) is 0 Å². The lowest BCUT2D eigenvalue weighted by atomic mass is 9.77. The van der Waals surface area contributed by atoms with E-state index >= 15 is 0 Å². The number of rotatable bonds is 3. The summed E-state index contributed by atoms with van der Waals surface area (Å²) in [7, 11) is 0. The first kappa shape index (κ1) is 10.3. The largest absolute Gasteiger partial charge is 0.294 e. The molecule has 0 radical (unpaired) electrons. The Kier molecular flexibility index (Phi) is 2.49. The van der Waals surface area contributed by atoms with Crippen LogP contribution in [0.15, 0.2) is 30.3 Å². The normalized spacial score (nSPS) is 33.4. The molecule has 2 nitrogen and oxygen atoms in total. The molecular weight excluding hydrogens is 198 g/mol. The summed E-state index contributed by atoms with van der Waals surface area (Å²) < 4.78 is 0. The Balaban J connectivity index is 1.54. The van der Waals surface area contributed by atoms with E-state index in [0.29, 0.717) is 18.1 Å². The second-order valence-electron chi connectivity index (χ2n) is 5.40. The SMILES string of the molecule is CC12CCCC1N(OCc1ccccc1)C2. The van der Waals surface area contributed by atoms with Gasteiger partial charge in [-0.25, -0.2) is 0 Å². The average molecular weight is 217 g/mol. The zero-order chi connectivity index (χ0) is 11.0. The fourth-order valence-electron chi connectivity index (χ4n) is 3.11. The van der Waals surface area contributed by atoms with E-state index in [1.54, 1.807) is 0 Å². The summed E-state index contributed by atoms with van der Waals surface area (Å²) in [5.74, 6) is 0. The van der Waals surface area contributed by atoms with Crippen molar-refractivity contribution in [1.29, 1.82) is 0 Å². The van der Waals surface area contributed by atoms with Crippen molar-refractivity contribution in [3.8, 4) is 0 Å². The standard InChI is InChI=1S/C14H19NO/c1-14-9-5-8-13(14)15(11-14)16-10-12-6-3-2-4-7-12/h2-4,6-7,13H,5,8-11H2,1H3. The highest BCUT2D eigenvalue weighted by atomic mass is 16.7. The Labute approximate surface area is 97.2 Å². The first-order chi connectivity index (χ1) is 7.78. The van der Waals surface area contributed by atoms with Crippen molar-refractivity contribution < 1.29 is 4.84 Å². The van der Waals surface area contributed by atoms with Gasteiger partial charge in [0.25, 0.3) is 0 Å². The highest BCUT2D eigenvalue weighted by Crippen LogP contribution is 2.49. The third-order valence-electron chi connectivity index (χ3n) is 4.13. The molecule has 16 heavy (non-hydrogen) atoms. The molecule has 0 aromatic heterocycles. The van der Waals surface area contributed by atoms with Crippen LogP contribution in [0, 0.1) is 5.41 Å². The van der Waals surface area contributed by atoms with E-state index in [1.165, 1.54) is 24.8 Å². The molecule has 1 saturated carbocycles. The second kappa shape index (κ2) is 3.86. The predicted molar refractivity (Wildman–Crippen MR) is 63.7 cm³/mol. The van der Waals surface area contributed by atoms with Gasteiger partial charge < -0.3 is 0 Å². The molecule has 1 aliphatic heterocycles. The maximum Gasteiger partial charge on any atom is 0.0936 e. The monoisotopic (exact) mass is 217 g/mol. The Morgan fingerprint density at radius 1 is 1.38 bits per heavy atom. The lowest BCUT2D eigenvalue weighted by Gasteiger charge is -2.51. The molecule has 1 aromatic carbocycles. The van der Waals surface area contributed by atoms with Gasteiger partial charge in [-0.05, 0) is 18.4 Å². The maximum absolute atomic E-state index is 5.88. The first-order valence-electron chi connectivity index (χ1n) is 6.21. The molecule has 1 aliphatic carbocycles. The molecule has 2 fully saturated rings. The van der Waals surface area contributed by atoms with Crippen LogP contribution in [0.1, 0.15) is 31.7 Å². The van der Waals surface area contributed by atoms with Crippen LogP contribution in [0.5, 0.6) is 0 Å². The van der Waals surface area contributed by atoms with Crippen molar-refractivity contribution in [1.82, 2.24) is 5.06 Å². The van der Waals surface area contributed by atoms with Crippen molar-refractivity contribution in [2.24, 2.45) is 5.41 Å². The number of nitrogens with zero attached hydrogens (tertiary/aromatic N) is 1. The highest BCUT2D eigenvalue weighted by molar-refractivity contribution is 5.13. The summed E-state index contributed by atoms with van der Waals surface area (Å²) in [4.78, 5) is 5.88. The summed E-state index contributed by atoms with van der Waals surface area (Å²) in [5, 5.41) is 2.19. The fourth-order valence-corrected chi connectivity index (χ4v) is 3.11. The van der Waals surface area contributed by atoms with Crippen molar-refractivity contribution >= 4 is 0 Å². The zero-order valence-electron chi connectivity index (χ0n) is 9.86. The number of hydrogen-bond acceptors (Lipinski definition) is 2. The Morgan fingerprint density at radius 3 is 2.94 bits per heavy atom. The van der Waals surface area contributed by atoms with Gasteiger partial charge in [0, 0.05) is 18.0 Å². The summed E-state index contributed by atoms with van der Waals surface area (Å²) in [6, 6.07) is 11.1. The van der Waals surface area contributed by atoms with Crippen LogP contribution in [0.2, 0.25) is 0 Å². The molecule has 0 spiro atoms. The third-order valence-corrected chi connectivity index (χ3v) is 4.13. The molecule has 0 N–H and O–H groups in total. The summed E-state index contributed by atoms with van der Waals surface area (Å²) in [5.41, 5.74) is 1.81. The molecule has 1 heterocycles.